The number of hydrogen-bond acceptors (Lipinski definition) is 5. The van der Waals surface area contributed by atoms with Crippen LogP contribution in [-0.4, -0.2) is 25.3 Å². The Morgan fingerprint density at radius 1 is 1.03 bits per heavy atom. The molecule has 0 aliphatic heterocycles. The van der Waals surface area contributed by atoms with Gasteiger partial charge in [-0.1, -0.05) is 0 Å². The minimum atomic E-state index is -3.33. The van der Waals surface area contributed by atoms with Crippen LogP contribution in [0.1, 0.15) is 0 Å². The molecule has 6 nitrogen and oxygen atoms in total. The van der Waals surface area contributed by atoms with Crippen molar-refractivity contribution in [1.82, 2.24) is 14.5 Å². The number of sulfone groups is 1. The van der Waals surface area contributed by atoms with E-state index in [1.807, 2.05) is 0 Å². The third kappa shape index (κ3) is 3.57. The van der Waals surface area contributed by atoms with Gasteiger partial charge in [-0.15, -0.1) is 4.21 Å². The van der Waals surface area contributed by atoms with E-state index < -0.39 is 27.4 Å². The Kier molecular flexibility index (Phi) is 4.56. The number of fused-ring (bicyclic) bond motifs is 1. The van der Waals surface area contributed by atoms with Gasteiger partial charge < -0.3 is 4.55 Å². The van der Waals surface area contributed by atoms with Crippen LogP contribution in [0.4, 0.5) is 8.78 Å². The first-order chi connectivity index (χ1) is 13.7. The van der Waals surface area contributed by atoms with E-state index in [1.54, 1.807) is 24.3 Å². The molecule has 0 radical (unpaired) electrons. The summed E-state index contributed by atoms with van der Waals surface area (Å²) in [6.45, 7) is 0. The van der Waals surface area contributed by atoms with E-state index in [1.165, 1.54) is 12.1 Å². The van der Waals surface area contributed by atoms with E-state index >= 15 is 0 Å². The second kappa shape index (κ2) is 6.94. The van der Waals surface area contributed by atoms with Gasteiger partial charge in [0, 0.05) is 11.6 Å². The van der Waals surface area contributed by atoms with E-state index in [9.17, 15) is 22.3 Å². The van der Waals surface area contributed by atoms with Crippen molar-refractivity contribution in [2.45, 2.75) is 4.90 Å². The number of halogens is 2. The Bertz CT molecular complexity index is 1350. The summed E-state index contributed by atoms with van der Waals surface area (Å²) in [6.07, 6.45) is 2.27. The van der Waals surface area contributed by atoms with Gasteiger partial charge in [-0.05, 0) is 48.5 Å². The zero-order valence-electron chi connectivity index (χ0n) is 15.0. The van der Waals surface area contributed by atoms with Crippen LogP contribution in [0.2, 0.25) is 0 Å². The Morgan fingerprint density at radius 3 is 2.41 bits per heavy atom. The summed E-state index contributed by atoms with van der Waals surface area (Å²) in [7, 11) is -3.33. The van der Waals surface area contributed by atoms with Crippen LogP contribution < -0.4 is 5.56 Å². The fourth-order valence-electron chi connectivity index (χ4n) is 2.88. The van der Waals surface area contributed by atoms with Crippen molar-refractivity contribution in [1.29, 1.82) is 0 Å². The van der Waals surface area contributed by atoms with Gasteiger partial charge in [0.25, 0.3) is 5.56 Å². The minimum Gasteiger partial charge on any atom is -0.610 e. The van der Waals surface area contributed by atoms with E-state index in [2.05, 4.69) is 9.97 Å². The molecule has 2 heterocycles. The molecule has 0 aliphatic carbocycles. The van der Waals surface area contributed by atoms with Gasteiger partial charge in [0.15, 0.2) is 10.4 Å². The van der Waals surface area contributed by atoms with Crippen molar-refractivity contribution < 1.29 is 17.5 Å². The summed E-state index contributed by atoms with van der Waals surface area (Å²) in [4.78, 5) is 21.5. The predicted octanol–water partition coefficient (Wildman–Crippen LogP) is 3.34. The maximum absolute atomic E-state index is 14.1. The average molecular weight is 413 g/mol. The monoisotopic (exact) mass is 413 g/mol. The molecule has 0 spiro atoms. The fraction of sp³-hybridized carbons (Fsp3) is 0.0500. The fourth-order valence-corrected chi connectivity index (χ4v) is 3.51. The lowest BCUT2D eigenvalue weighted by Gasteiger charge is -2.10. The zero-order valence-corrected chi connectivity index (χ0v) is 15.8. The van der Waals surface area contributed by atoms with Crippen LogP contribution in [0.15, 0.2) is 70.6 Å². The quantitative estimate of drug-likeness (QED) is 0.481. The molecule has 0 bridgehead atoms. The van der Waals surface area contributed by atoms with Gasteiger partial charge in [0.1, 0.15) is 24.2 Å². The normalized spacial score (nSPS) is 13.4. The van der Waals surface area contributed by atoms with Gasteiger partial charge in [-0.25, -0.2) is 18.7 Å². The summed E-state index contributed by atoms with van der Waals surface area (Å²) >= 11 is 0. The van der Waals surface area contributed by atoms with Crippen LogP contribution in [0.25, 0.3) is 28.0 Å². The van der Waals surface area contributed by atoms with Gasteiger partial charge in [0.2, 0.25) is 0 Å². The number of benzene rings is 2. The maximum Gasteiger partial charge on any atom is 0.284 e. The second-order valence-corrected chi connectivity index (χ2v) is 8.39. The molecule has 4 rings (SSSR count). The van der Waals surface area contributed by atoms with E-state index in [0.29, 0.717) is 22.8 Å². The van der Waals surface area contributed by atoms with E-state index in [4.69, 9.17) is 0 Å². The van der Waals surface area contributed by atoms with Crippen LogP contribution in [-0.2, 0) is 14.4 Å². The first kappa shape index (κ1) is 19.0. The number of pyridine rings is 1. The molecule has 146 valence electrons. The summed E-state index contributed by atoms with van der Waals surface area (Å²) < 4.78 is 51.4. The van der Waals surface area contributed by atoms with Crippen LogP contribution in [0.3, 0.4) is 0 Å². The van der Waals surface area contributed by atoms with Crippen LogP contribution in [0.5, 0.6) is 0 Å². The molecule has 1 atom stereocenters. The summed E-state index contributed by atoms with van der Waals surface area (Å²) in [5.74, 6) is -1.66. The Balaban J connectivity index is 1.84. The largest absolute Gasteiger partial charge is 0.610 e. The van der Waals surface area contributed by atoms with Gasteiger partial charge in [-0.3, -0.25) is 9.36 Å². The lowest BCUT2D eigenvalue weighted by Crippen LogP contribution is -2.21. The lowest BCUT2D eigenvalue weighted by molar-refractivity contribution is 0.484. The summed E-state index contributed by atoms with van der Waals surface area (Å²) in [5.41, 5.74) is 0.577. The second-order valence-electron chi connectivity index (χ2n) is 6.38. The predicted molar refractivity (Wildman–Crippen MR) is 104 cm³/mol. The number of rotatable bonds is 3. The molecule has 1 unspecified atom stereocenters. The summed E-state index contributed by atoms with van der Waals surface area (Å²) in [6, 6.07) is 12.2. The van der Waals surface area contributed by atoms with Crippen molar-refractivity contribution >= 4 is 21.2 Å². The Labute approximate surface area is 164 Å². The van der Waals surface area contributed by atoms with Gasteiger partial charge >= 0.3 is 0 Å². The highest BCUT2D eigenvalue weighted by atomic mass is 32.3. The Hall–Kier alpha value is -3.30. The standard InChI is InChI=1S/C20H13F2N3O3S/c1-29(27,28)14-5-2-12(3-6-14)16-7-8-17-19(24-16)20(26)25(11-23-17)18-9-4-13(21)10-15(18)22/h2-11H,1H3. The van der Waals surface area contributed by atoms with Crippen molar-refractivity contribution in [2.24, 2.45) is 0 Å². The van der Waals surface area contributed by atoms with Crippen LogP contribution in [0, 0.1) is 11.6 Å². The van der Waals surface area contributed by atoms with Crippen molar-refractivity contribution in [2.75, 3.05) is 6.26 Å². The zero-order chi connectivity index (χ0) is 20.8. The first-order valence-electron chi connectivity index (χ1n) is 8.38. The molecule has 0 N–H and O–H groups in total. The number of hydrogen-bond donors (Lipinski definition) is 0. The maximum atomic E-state index is 14.1. The average Bonchev–Trinajstić information content (AvgIpc) is 2.68. The van der Waals surface area contributed by atoms with Crippen molar-refractivity contribution in [3.05, 3.63) is 82.9 Å². The summed E-state index contributed by atoms with van der Waals surface area (Å²) in [5, 5.41) is 0. The lowest BCUT2D eigenvalue weighted by atomic mass is 10.1. The first-order valence-corrected chi connectivity index (χ1v) is 10.3. The molecule has 0 amide bonds. The molecule has 29 heavy (non-hydrogen) atoms. The van der Waals surface area contributed by atoms with Gasteiger partial charge in [0.05, 0.1) is 27.1 Å². The SMILES string of the molecule is C[S+](=O)([O-])c1ccc(-c2ccc3ncn(-c4ccc(F)cc4F)c(=O)c3n2)cc1. The van der Waals surface area contributed by atoms with Crippen molar-refractivity contribution in [3.8, 4) is 16.9 Å². The molecular weight excluding hydrogens is 400 g/mol. The highest BCUT2D eigenvalue weighted by Crippen LogP contribution is 2.22. The smallest absolute Gasteiger partial charge is 0.284 e. The molecule has 4 aromatic rings. The highest BCUT2D eigenvalue weighted by molar-refractivity contribution is 7.97. The number of aromatic nitrogens is 3. The third-order valence-electron chi connectivity index (χ3n) is 4.36. The highest BCUT2D eigenvalue weighted by Gasteiger charge is 2.14. The molecule has 2 aromatic heterocycles. The third-order valence-corrected chi connectivity index (χ3v) is 5.48. The van der Waals surface area contributed by atoms with Crippen molar-refractivity contribution in [3.63, 3.8) is 0 Å². The molecule has 0 fully saturated rings. The molecular formula is C20H13F2N3O3S. The van der Waals surface area contributed by atoms with E-state index in [0.717, 1.165) is 29.3 Å². The molecule has 9 heteroatoms. The Morgan fingerprint density at radius 2 is 1.76 bits per heavy atom. The van der Waals surface area contributed by atoms with Gasteiger partial charge in [-0.2, -0.15) is 0 Å². The minimum absolute atomic E-state index is 0.000847. The molecule has 2 aromatic carbocycles. The molecule has 0 saturated carbocycles. The van der Waals surface area contributed by atoms with Crippen LogP contribution >= 0.6 is 0 Å². The molecule has 0 aliphatic rings. The topological polar surface area (TPSA) is 87.9 Å². The van der Waals surface area contributed by atoms with E-state index in [-0.39, 0.29) is 16.1 Å². The molecule has 0 saturated heterocycles. The number of nitrogens with zero attached hydrogens (tertiary/aromatic N) is 3.